The molecular weight excluding hydrogens is 212 g/mol. The summed E-state index contributed by atoms with van der Waals surface area (Å²) in [6.45, 7) is 2.01. The molecule has 17 heavy (non-hydrogen) atoms. The molecule has 90 valence electrons. The summed E-state index contributed by atoms with van der Waals surface area (Å²) in [4.78, 5) is 12.0. The second-order valence-corrected chi connectivity index (χ2v) is 3.78. The molecule has 0 saturated carbocycles. The normalized spacial score (nSPS) is 11.4. The summed E-state index contributed by atoms with van der Waals surface area (Å²) in [6.07, 6.45) is 6.65. The van der Waals surface area contributed by atoms with Gasteiger partial charge in [-0.3, -0.25) is 4.79 Å². The third-order valence-corrected chi connectivity index (χ3v) is 2.63. The number of anilines is 1. The van der Waals surface area contributed by atoms with Crippen molar-refractivity contribution < 1.29 is 4.79 Å². The Labute approximate surface area is 103 Å². The van der Waals surface area contributed by atoms with Crippen molar-refractivity contribution in [1.82, 2.24) is 5.32 Å². The molecule has 0 aliphatic rings. The number of carbonyl (C=O) groups is 1. The van der Waals surface area contributed by atoms with E-state index in [0.717, 1.165) is 12.1 Å². The van der Waals surface area contributed by atoms with Gasteiger partial charge in [0.2, 0.25) is 0 Å². The Morgan fingerprint density at radius 3 is 2.76 bits per heavy atom. The van der Waals surface area contributed by atoms with E-state index in [2.05, 4.69) is 16.6 Å². The molecule has 1 unspecified atom stereocenters. The number of hydrogen-bond acceptors (Lipinski definition) is 2. The van der Waals surface area contributed by atoms with Crippen LogP contribution in [0.3, 0.4) is 0 Å². The first-order valence-corrected chi connectivity index (χ1v) is 5.74. The van der Waals surface area contributed by atoms with Crippen molar-refractivity contribution in [2.45, 2.75) is 25.8 Å². The maximum Gasteiger partial charge on any atom is 0.253 e. The molecule has 1 rings (SSSR count). The number of amides is 1. The van der Waals surface area contributed by atoms with E-state index in [1.54, 1.807) is 13.1 Å². The Balaban J connectivity index is 2.79. The zero-order valence-corrected chi connectivity index (χ0v) is 10.3. The monoisotopic (exact) mass is 230 g/mol. The number of hydrogen-bond donors (Lipinski definition) is 2. The van der Waals surface area contributed by atoms with Gasteiger partial charge in [-0.2, -0.15) is 0 Å². The van der Waals surface area contributed by atoms with Crippen LogP contribution < -0.4 is 10.6 Å². The molecule has 0 fully saturated rings. The summed E-state index contributed by atoms with van der Waals surface area (Å²) < 4.78 is 0. The molecule has 0 saturated heterocycles. The molecule has 0 aromatic heterocycles. The largest absolute Gasteiger partial charge is 0.387 e. The third kappa shape index (κ3) is 3.53. The van der Waals surface area contributed by atoms with Gasteiger partial charge in [0.1, 0.15) is 0 Å². The molecule has 3 nitrogen and oxygen atoms in total. The predicted molar refractivity (Wildman–Crippen MR) is 71.0 cm³/mol. The lowest BCUT2D eigenvalue weighted by atomic mass is 10.1. The predicted octanol–water partition coefficient (Wildman–Crippen LogP) is 2.26. The van der Waals surface area contributed by atoms with Crippen LogP contribution in [0.25, 0.3) is 0 Å². The smallest absolute Gasteiger partial charge is 0.253 e. The number of benzene rings is 1. The van der Waals surface area contributed by atoms with Gasteiger partial charge in [-0.25, -0.2) is 0 Å². The molecule has 0 bridgehead atoms. The van der Waals surface area contributed by atoms with Gasteiger partial charge in [0.05, 0.1) is 5.56 Å². The summed E-state index contributed by atoms with van der Waals surface area (Å²) in [5.41, 5.74) is 1.46. The summed E-state index contributed by atoms with van der Waals surface area (Å²) in [6, 6.07) is 7.44. The number of para-hydroxylation sites is 1. The van der Waals surface area contributed by atoms with Gasteiger partial charge in [0, 0.05) is 25.2 Å². The fraction of sp³-hybridized carbons (Fsp3) is 0.357. The van der Waals surface area contributed by atoms with Crippen molar-refractivity contribution in [3.8, 4) is 12.3 Å². The molecule has 1 amide bonds. The van der Waals surface area contributed by atoms with Crippen molar-refractivity contribution in [2.24, 2.45) is 0 Å². The highest BCUT2D eigenvalue weighted by Gasteiger charge is 2.13. The van der Waals surface area contributed by atoms with Gasteiger partial charge < -0.3 is 10.6 Å². The average molecular weight is 230 g/mol. The van der Waals surface area contributed by atoms with E-state index in [-0.39, 0.29) is 11.9 Å². The maximum absolute atomic E-state index is 12.0. The van der Waals surface area contributed by atoms with Gasteiger partial charge in [0.25, 0.3) is 5.91 Å². The highest BCUT2D eigenvalue weighted by atomic mass is 16.1. The summed E-state index contributed by atoms with van der Waals surface area (Å²) in [5.74, 6) is 2.49. The van der Waals surface area contributed by atoms with Crippen molar-refractivity contribution >= 4 is 11.6 Å². The second kappa shape index (κ2) is 6.59. The van der Waals surface area contributed by atoms with Gasteiger partial charge >= 0.3 is 0 Å². The molecule has 0 heterocycles. The SMILES string of the molecule is C#CCC(CC)NC(=O)c1ccccc1NC. The molecule has 0 aliphatic carbocycles. The molecule has 0 radical (unpaired) electrons. The number of nitrogens with one attached hydrogen (secondary N) is 2. The van der Waals surface area contributed by atoms with Crippen LogP contribution in [0.15, 0.2) is 24.3 Å². The van der Waals surface area contributed by atoms with E-state index in [0.29, 0.717) is 12.0 Å². The van der Waals surface area contributed by atoms with Crippen LogP contribution in [0.1, 0.15) is 30.1 Å². The molecule has 1 aromatic carbocycles. The Morgan fingerprint density at radius 2 is 2.18 bits per heavy atom. The lowest BCUT2D eigenvalue weighted by Crippen LogP contribution is -2.34. The van der Waals surface area contributed by atoms with Gasteiger partial charge in [-0.15, -0.1) is 12.3 Å². The Hall–Kier alpha value is -1.95. The lowest BCUT2D eigenvalue weighted by Gasteiger charge is -2.15. The Bertz CT molecular complexity index is 420. The summed E-state index contributed by atoms with van der Waals surface area (Å²) in [5, 5.41) is 5.94. The van der Waals surface area contributed by atoms with E-state index >= 15 is 0 Å². The molecule has 0 spiro atoms. The van der Waals surface area contributed by atoms with E-state index in [1.807, 2.05) is 25.1 Å². The van der Waals surface area contributed by atoms with Crippen molar-refractivity contribution in [2.75, 3.05) is 12.4 Å². The molecular formula is C14H18N2O. The minimum absolute atomic E-state index is 0.0393. The van der Waals surface area contributed by atoms with Crippen LogP contribution in [0.5, 0.6) is 0 Å². The number of rotatable bonds is 5. The van der Waals surface area contributed by atoms with Gasteiger partial charge in [0.15, 0.2) is 0 Å². The zero-order chi connectivity index (χ0) is 12.7. The fourth-order valence-corrected chi connectivity index (χ4v) is 1.60. The van der Waals surface area contributed by atoms with Crippen LogP contribution in [0.2, 0.25) is 0 Å². The molecule has 3 heteroatoms. The van der Waals surface area contributed by atoms with Crippen LogP contribution in [-0.2, 0) is 0 Å². The standard InChI is InChI=1S/C14H18N2O/c1-4-8-11(5-2)16-14(17)12-9-6-7-10-13(12)15-3/h1,6-7,9-11,15H,5,8H2,2-3H3,(H,16,17). The van der Waals surface area contributed by atoms with E-state index < -0.39 is 0 Å². The lowest BCUT2D eigenvalue weighted by molar-refractivity contribution is 0.0937. The summed E-state index contributed by atoms with van der Waals surface area (Å²) in [7, 11) is 1.80. The zero-order valence-electron chi connectivity index (χ0n) is 10.3. The van der Waals surface area contributed by atoms with Crippen LogP contribution >= 0.6 is 0 Å². The second-order valence-electron chi connectivity index (χ2n) is 3.78. The average Bonchev–Trinajstić information content (AvgIpc) is 2.38. The van der Waals surface area contributed by atoms with Crippen molar-refractivity contribution in [3.05, 3.63) is 29.8 Å². The van der Waals surface area contributed by atoms with Crippen molar-refractivity contribution in [1.29, 1.82) is 0 Å². The minimum atomic E-state index is -0.0861. The fourth-order valence-electron chi connectivity index (χ4n) is 1.60. The van der Waals surface area contributed by atoms with E-state index in [1.165, 1.54) is 0 Å². The minimum Gasteiger partial charge on any atom is -0.387 e. The number of carbonyl (C=O) groups excluding carboxylic acids is 1. The highest BCUT2D eigenvalue weighted by molar-refractivity contribution is 5.99. The topological polar surface area (TPSA) is 41.1 Å². The van der Waals surface area contributed by atoms with Crippen LogP contribution in [-0.4, -0.2) is 19.0 Å². The van der Waals surface area contributed by atoms with E-state index in [4.69, 9.17) is 6.42 Å². The van der Waals surface area contributed by atoms with Gasteiger partial charge in [-0.05, 0) is 18.6 Å². The first-order valence-electron chi connectivity index (χ1n) is 5.74. The Kier molecular flexibility index (Phi) is 5.09. The maximum atomic E-state index is 12.0. The summed E-state index contributed by atoms with van der Waals surface area (Å²) >= 11 is 0. The first kappa shape index (κ1) is 13.1. The third-order valence-electron chi connectivity index (χ3n) is 2.63. The van der Waals surface area contributed by atoms with Crippen LogP contribution in [0, 0.1) is 12.3 Å². The Morgan fingerprint density at radius 1 is 1.47 bits per heavy atom. The quantitative estimate of drug-likeness (QED) is 0.762. The van der Waals surface area contributed by atoms with E-state index in [9.17, 15) is 4.79 Å². The number of terminal acetylenes is 1. The molecule has 2 N–H and O–H groups in total. The molecule has 0 aliphatic heterocycles. The van der Waals surface area contributed by atoms with Crippen molar-refractivity contribution in [3.63, 3.8) is 0 Å². The first-order chi connectivity index (χ1) is 8.22. The van der Waals surface area contributed by atoms with Gasteiger partial charge in [-0.1, -0.05) is 19.1 Å². The molecule has 1 aromatic rings. The highest BCUT2D eigenvalue weighted by Crippen LogP contribution is 2.14. The molecule has 1 atom stereocenters. The van der Waals surface area contributed by atoms with Crippen LogP contribution in [0.4, 0.5) is 5.69 Å².